The molecular weight excluding hydrogens is 535 g/mol. The largest absolute Gasteiger partial charge is 0.454 e. The van der Waals surface area contributed by atoms with Crippen LogP contribution in [-0.4, -0.2) is 43.6 Å². The number of hydrogen-bond donors (Lipinski definition) is 1. The SMILES string of the molecule is N#CC(=CC1CC1)C(=O)N1CCCC(n2nc(-c3ccc(Oc4cccc(F)c4F)cc3F)c3c(N)ncnc32)C1. The summed E-state index contributed by atoms with van der Waals surface area (Å²) in [5, 5.41) is 14.6. The number of halogens is 3. The molecule has 9 nitrogen and oxygen atoms in total. The van der Waals surface area contributed by atoms with Crippen LogP contribution in [0.1, 0.15) is 31.7 Å². The summed E-state index contributed by atoms with van der Waals surface area (Å²) in [6, 6.07) is 9.05. The van der Waals surface area contributed by atoms with Crippen LogP contribution in [0.25, 0.3) is 22.3 Å². The molecule has 12 heteroatoms. The van der Waals surface area contributed by atoms with E-state index in [4.69, 9.17) is 10.5 Å². The van der Waals surface area contributed by atoms with Gasteiger partial charge in [-0.15, -0.1) is 0 Å². The van der Waals surface area contributed by atoms with E-state index in [2.05, 4.69) is 15.1 Å². The molecule has 6 rings (SSSR count). The molecule has 1 amide bonds. The van der Waals surface area contributed by atoms with Gasteiger partial charge in [0.05, 0.1) is 11.4 Å². The average Bonchev–Trinajstić information content (AvgIpc) is 3.71. The lowest BCUT2D eigenvalue weighted by Gasteiger charge is -2.32. The number of nitrogen functional groups attached to an aromatic ring is 1. The van der Waals surface area contributed by atoms with Crippen LogP contribution in [0, 0.1) is 34.7 Å². The number of rotatable bonds is 6. The molecule has 1 saturated carbocycles. The molecule has 1 atom stereocenters. The van der Waals surface area contributed by atoms with Crippen molar-refractivity contribution < 1.29 is 22.7 Å². The summed E-state index contributed by atoms with van der Waals surface area (Å²) < 4.78 is 50.1. The monoisotopic (exact) mass is 559 g/mol. The molecular formula is C29H24F3N7O2. The first-order valence-electron chi connectivity index (χ1n) is 13.2. The lowest BCUT2D eigenvalue weighted by molar-refractivity contribution is -0.128. The number of likely N-dealkylation sites (tertiary alicyclic amines) is 1. The highest BCUT2D eigenvalue weighted by atomic mass is 19.2. The van der Waals surface area contributed by atoms with Gasteiger partial charge in [-0.2, -0.15) is 14.8 Å². The number of nitrogens with two attached hydrogens (primary N) is 1. The first-order valence-corrected chi connectivity index (χ1v) is 13.2. The molecule has 1 unspecified atom stereocenters. The van der Waals surface area contributed by atoms with Crippen molar-refractivity contribution in [2.24, 2.45) is 5.92 Å². The van der Waals surface area contributed by atoms with Crippen LogP contribution in [0.5, 0.6) is 11.5 Å². The zero-order valence-corrected chi connectivity index (χ0v) is 21.7. The Balaban J connectivity index is 1.33. The number of piperidine rings is 1. The van der Waals surface area contributed by atoms with Crippen LogP contribution < -0.4 is 10.5 Å². The number of nitriles is 1. The third-order valence-corrected chi connectivity index (χ3v) is 7.26. The van der Waals surface area contributed by atoms with Crippen molar-refractivity contribution in [1.82, 2.24) is 24.6 Å². The van der Waals surface area contributed by atoms with Gasteiger partial charge in [0, 0.05) is 24.7 Å². The maximum absolute atomic E-state index is 15.5. The molecule has 1 aliphatic carbocycles. The Morgan fingerprint density at radius 1 is 1.12 bits per heavy atom. The minimum atomic E-state index is -1.18. The molecule has 41 heavy (non-hydrogen) atoms. The second-order valence-corrected chi connectivity index (χ2v) is 10.1. The zero-order valence-electron chi connectivity index (χ0n) is 21.7. The van der Waals surface area contributed by atoms with Crippen molar-refractivity contribution in [2.75, 3.05) is 18.8 Å². The summed E-state index contributed by atoms with van der Waals surface area (Å²) in [6.45, 7) is 0.793. The molecule has 1 aliphatic heterocycles. The van der Waals surface area contributed by atoms with E-state index in [1.54, 1.807) is 15.7 Å². The van der Waals surface area contributed by atoms with Gasteiger partial charge >= 0.3 is 0 Å². The molecule has 0 bridgehead atoms. The van der Waals surface area contributed by atoms with Crippen LogP contribution in [0.4, 0.5) is 19.0 Å². The van der Waals surface area contributed by atoms with Crippen molar-refractivity contribution in [3.8, 4) is 28.8 Å². The zero-order chi connectivity index (χ0) is 28.7. The Morgan fingerprint density at radius 2 is 1.95 bits per heavy atom. The number of ether oxygens (including phenoxy) is 1. The molecule has 2 aromatic carbocycles. The summed E-state index contributed by atoms with van der Waals surface area (Å²) in [5.41, 5.74) is 6.99. The van der Waals surface area contributed by atoms with E-state index in [9.17, 15) is 18.8 Å². The molecule has 2 N–H and O–H groups in total. The lowest BCUT2D eigenvalue weighted by Crippen LogP contribution is -2.41. The van der Waals surface area contributed by atoms with Crippen LogP contribution in [-0.2, 0) is 4.79 Å². The Morgan fingerprint density at radius 3 is 2.71 bits per heavy atom. The van der Waals surface area contributed by atoms with E-state index in [0.29, 0.717) is 30.4 Å². The minimum Gasteiger partial charge on any atom is -0.454 e. The Bertz CT molecular complexity index is 1740. The van der Waals surface area contributed by atoms with Gasteiger partial charge < -0.3 is 15.4 Å². The number of fused-ring (bicyclic) bond motifs is 1. The van der Waals surface area contributed by atoms with E-state index in [1.165, 1.54) is 30.6 Å². The smallest absolute Gasteiger partial charge is 0.264 e. The maximum atomic E-state index is 15.5. The summed E-state index contributed by atoms with van der Waals surface area (Å²) in [6.07, 6.45) is 6.35. The van der Waals surface area contributed by atoms with Crippen LogP contribution in [0.15, 0.2) is 54.4 Å². The number of hydrogen-bond acceptors (Lipinski definition) is 7. The molecule has 0 spiro atoms. The quantitative estimate of drug-likeness (QED) is 0.251. The summed E-state index contributed by atoms with van der Waals surface area (Å²) in [4.78, 5) is 23.2. The summed E-state index contributed by atoms with van der Waals surface area (Å²) in [5.74, 6) is -3.36. The number of carbonyl (C=O) groups excluding carboxylic acids is 1. The summed E-state index contributed by atoms with van der Waals surface area (Å²) in [7, 11) is 0. The Kier molecular flexibility index (Phi) is 6.78. The molecule has 4 aromatic rings. The number of nitrogens with zero attached hydrogens (tertiary/aromatic N) is 6. The van der Waals surface area contributed by atoms with Gasteiger partial charge in [0.2, 0.25) is 5.82 Å². The van der Waals surface area contributed by atoms with E-state index in [0.717, 1.165) is 25.0 Å². The number of benzene rings is 2. The fraction of sp³-hybridized carbons (Fsp3) is 0.276. The van der Waals surface area contributed by atoms with E-state index in [-0.39, 0.29) is 58.6 Å². The van der Waals surface area contributed by atoms with Gasteiger partial charge in [0.25, 0.3) is 5.91 Å². The van der Waals surface area contributed by atoms with Gasteiger partial charge in [-0.3, -0.25) is 4.79 Å². The van der Waals surface area contributed by atoms with Gasteiger partial charge in [-0.05, 0) is 55.9 Å². The normalized spacial score (nSPS) is 17.5. The van der Waals surface area contributed by atoms with Gasteiger partial charge in [0.1, 0.15) is 41.0 Å². The van der Waals surface area contributed by atoms with Crippen molar-refractivity contribution in [3.05, 3.63) is 71.8 Å². The third kappa shape index (κ3) is 5.06. The number of anilines is 1. The van der Waals surface area contributed by atoms with E-state index < -0.39 is 17.5 Å². The van der Waals surface area contributed by atoms with Crippen molar-refractivity contribution in [2.45, 2.75) is 31.7 Å². The molecule has 2 aliphatic rings. The van der Waals surface area contributed by atoms with Crippen LogP contribution in [0.2, 0.25) is 0 Å². The van der Waals surface area contributed by atoms with Crippen molar-refractivity contribution in [1.29, 1.82) is 5.26 Å². The number of amides is 1. The first-order chi connectivity index (χ1) is 19.8. The molecule has 2 aromatic heterocycles. The Hall–Kier alpha value is -4.92. The number of aromatic nitrogens is 4. The fourth-order valence-electron chi connectivity index (χ4n) is 5.04. The van der Waals surface area contributed by atoms with Gasteiger partial charge in [-0.25, -0.2) is 23.4 Å². The number of carbonyl (C=O) groups is 1. The molecule has 208 valence electrons. The van der Waals surface area contributed by atoms with Gasteiger partial charge in [0.15, 0.2) is 17.2 Å². The lowest BCUT2D eigenvalue weighted by atomic mass is 10.0. The molecule has 0 radical (unpaired) electrons. The van der Waals surface area contributed by atoms with Crippen LogP contribution >= 0.6 is 0 Å². The minimum absolute atomic E-state index is 0.0438. The van der Waals surface area contributed by atoms with Crippen molar-refractivity contribution >= 4 is 22.8 Å². The predicted molar refractivity (Wildman–Crippen MR) is 143 cm³/mol. The maximum Gasteiger partial charge on any atom is 0.264 e. The second kappa shape index (κ2) is 10.6. The standard InChI is InChI=1S/C29H24F3N7O2/c30-21-4-1-5-23(25(21)32)41-19-8-9-20(22(31)12-19)26-24-27(34)35-15-36-28(24)39(37-26)18-3-2-10-38(14-18)29(40)17(13-33)11-16-6-7-16/h1,4-5,8-9,11-12,15-16,18H,2-3,6-7,10,14H2,(H2,34,35,36). The highest BCUT2D eigenvalue weighted by Gasteiger charge is 2.31. The van der Waals surface area contributed by atoms with Crippen molar-refractivity contribution in [3.63, 3.8) is 0 Å². The highest BCUT2D eigenvalue weighted by molar-refractivity contribution is 5.99. The van der Waals surface area contributed by atoms with E-state index >= 15 is 4.39 Å². The Labute approximate surface area is 232 Å². The third-order valence-electron chi connectivity index (χ3n) is 7.26. The molecule has 2 fully saturated rings. The molecule has 3 heterocycles. The average molecular weight is 560 g/mol. The predicted octanol–water partition coefficient (Wildman–Crippen LogP) is 5.31. The first kappa shape index (κ1) is 26.3. The van der Waals surface area contributed by atoms with Crippen LogP contribution in [0.3, 0.4) is 0 Å². The fourth-order valence-corrected chi connectivity index (χ4v) is 5.04. The molecule has 1 saturated heterocycles. The topological polar surface area (TPSA) is 123 Å². The van der Waals surface area contributed by atoms with E-state index in [1.807, 2.05) is 6.07 Å². The highest BCUT2D eigenvalue weighted by Crippen LogP contribution is 2.37. The van der Waals surface area contributed by atoms with Gasteiger partial charge in [-0.1, -0.05) is 12.1 Å². The summed E-state index contributed by atoms with van der Waals surface area (Å²) >= 11 is 0. The second-order valence-electron chi connectivity index (χ2n) is 10.1. The number of allylic oxidation sites excluding steroid dienone is 1.